The lowest BCUT2D eigenvalue weighted by atomic mass is 9.33. The second kappa shape index (κ2) is 21.8. The Morgan fingerprint density at radius 2 is 1.00 bits per heavy atom. The summed E-state index contributed by atoms with van der Waals surface area (Å²) in [6.07, 6.45) is -25.0. The van der Waals surface area contributed by atoms with Crippen molar-refractivity contribution in [1.82, 2.24) is 0 Å². The van der Waals surface area contributed by atoms with Crippen LogP contribution in [0.25, 0.3) is 0 Å². The number of carbonyl (C=O) groups excluding carboxylic acids is 1. The SMILES string of the molecule is CC1(C)CCC2(C(=O)O[C@@H]3O[C@H](CO)[C@@H](O)[C@H](O)[C@H]3O)CCC3(C)C(=CC[C@H]4C3(C)CC[C@@H]3C(C)(C)[C@@H](O[C@@H]5O[C@H](CO)[C@@H](O)[C@H](O[C@@H]6O[C@H](CO)[C@@H](O)[C@H](O)[C@H]6O)[C@H]5O[C@@H]5O[C@H](CO)[C@@H](O)[C@H](O)[C@H]5O)CC[C@@]34C)[C@H]2C1. The fourth-order valence-corrected chi connectivity index (χ4v) is 16.5. The monoisotopic (exact) mass is 1100 g/mol. The molecule has 4 saturated carbocycles. The third kappa shape index (κ3) is 9.80. The van der Waals surface area contributed by atoms with E-state index in [1.165, 1.54) is 5.57 Å². The first-order valence-corrected chi connectivity index (χ1v) is 27.8. The number of hydrogen-bond donors (Lipinski definition) is 14. The molecule has 9 aliphatic rings. The molecular weight excluding hydrogens is 1020 g/mol. The molecule has 3 unspecified atom stereocenters. The lowest BCUT2D eigenvalue weighted by Crippen LogP contribution is -2.68. The lowest BCUT2D eigenvalue weighted by Gasteiger charge is -2.71. The molecule has 0 aromatic rings. The van der Waals surface area contributed by atoms with Crippen molar-refractivity contribution < 1.29 is 114 Å². The molecule has 28 atom stereocenters. The van der Waals surface area contributed by atoms with Crippen molar-refractivity contribution in [2.45, 2.75) is 242 Å². The quantitative estimate of drug-likeness (QED) is 0.0569. The van der Waals surface area contributed by atoms with Gasteiger partial charge in [-0.1, -0.05) is 60.1 Å². The second-order valence-electron chi connectivity index (χ2n) is 26.3. The molecular formula is C54H88O23. The molecule has 23 heteroatoms. The normalized spacial score (nSPS) is 53.4. The van der Waals surface area contributed by atoms with Crippen LogP contribution in [0.1, 0.15) is 113 Å². The standard InChI is InChI=1S/C54H88O23/c1-49(2)14-16-54(48(69)77-46-41(68)38(65)34(61)27(21-57)72-46)17-15-52(6)23(24(54)18-49)8-9-30-51(5)12-11-31(50(3,4)29(51)10-13-53(30,52)7)74-47-43(76-45-40(67)37(64)33(60)26(20-56)71-45)42(35(62)28(22-58)73-47)75-44-39(66)36(63)32(59)25(19-55)70-44/h8,24-47,55-68H,9-22H2,1-7H3/t24-,25-,26-,27-,28-,29-,30-,31+,32-,33-,34-,35-,36+,37+,38+,39-,40-,41-,42+,43-,44+,45+,46+,47+,51+,52?,53?,54?/m1/s1. The summed E-state index contributed by atoms with van der Waals surface area (Å²) < 4.78 is 48.9. The van der Waals surface area contributed by atoms with Gasteiger partial charge in [-0.2, -0.15) is 0 Å². The van der Waals surface area contributed by atoms with E-state index in [-0.39, 0.29) is 39.4 Å². The van der Waals surface area contributed by atoms with Gasteiger partial charge in [0.25, 0.3) is 0 Å². The van der Waals surface area contributed by atoms with Crippen LogP contribution in [0.3, 0.4) is 0 Å². The van der Waals surface area contributed by atoms with Gasteiger partial charge >= 0.3 is 5.97 Å². The zero-order valence-corrected chi connectivity index (χ0v) is 45.3. The molecule has 0 bridgehead atoms. The minimum absolute atomic E-state index is 0.0454. The van der Waals surface area contributed by atoms with E-state index in [4.69, 9.17) is 37.9 Å². The predicted molar refractivity (Wildman–Crippen MR) is 263 cm³/mol. The molecule has 77 heavy (non-hydrogen) atoms. The van der Waals surface area contributed by atoms with Crippen LogP contribution in [0.2, 0.25) is 0 Å². The van der Waals surface area contributed by atoms with E-state index in [1.807, 2.05) is 0 Å². The average Bonchev–Trinajstić information content (AvgIpc) is 3.55. The molecule has 4 heterocycles. The number of ether oxygens (including phenoxy) is 8. The van der Waals surface area contributed by atoms with Gasteiger partial charge in [0.1, 0.15) is 97.7 Å². The van der Waals surface area contributed by atoms with Crippen molar-refractivity contribution in [3.05, 3.63) is 11.6 Å². The highest BCUT2D eigenvalue weighted by molar-refractivity contribution is 5.79. The summed E-state index contributed by atoms with van der Waals surface area (Å²) >= 11 is 0. The highest BCUT2D eigenvalue weighted by Gasteiger charge is 2.70. The number of aliphatic hydroxyl groups is 14. The summed E-state index contributed by atoms with van der Waals surface area (Å²) in [5.74, 6) is -0.507. The van der Waals surface area contributed by atoms with Gasteiger partial charge in [-0.05, 0) is 109 Å². The maximum atomic E-state index is 14.8. The number of allylic oxidation sites excluding steroid dienone is 2. The number of rotatable bonds is 12. The van der Waals surface area contributed by atoms with Crippen molar-refractivity contribution in [2.75, 3.05) is 26.4 Å². The summed E-state index contributed by atoms with van der Waals surface area (Å²) in [4.78, 5) is 14.8. The Morgan fingerprint density at radius 3 is 1.55 bits per heavy atom. The molecule has 0 aromatic carbocycles. The largest absolute Gasteiger partial charge is 0.432 e. The molecule has 14 N–H and O–H groups in total. The van der Waals surface area contributed by atoms with Crippen LogP contribution in [0.5, 0.6) is 0 Å². The topological polar surface area (TPSA) is 374 Å². The molecule has 0 aromatic heterocycles. The minimum atomic E-state index is -1.94. The molecule has 442 valence electrons. The van der Waals surface area contributed by atoms with E-state index in [0.29, 0.717) is 32.1 Å². The van der Waals surface area contributed by atoms with Crippen molar-refractivity contribution in [3.63, 3.8) is 0 Å². The van der Waals surface area contributed by atoms with Crippen LogP contribution in [0, 0.1) is 50.2 Å². The molecule has 8 fully saturated rings. The molecule has 0 radical (unpaired) electrons. The molecule has 23 nitrogen and oxygen atoms in total. The maximum absolute atomic E-state index is 14.8. The summed E-state index contributed by atoms with van der Waals surface area (Å²) in [6.45, 7) is 12.8. The summed E-state index contributed by atoms with van der Waals surface area (Å²) in [6, 6.07) is 0. The zero-order valence-electron chi connectivity index (χ0n) is 45.3. The minimum Gasteiger partial charge on any atom is -0.432 e. The van der Waals surface area contributed by atoms with E-state index in [2.05, 4.69) is 54.5 Å². The maximum Gasteiger partial charge on any atom is 0.315 e. The Balaban J connectivity index is 0.995. The Labute approximate surface area is 449 Å². The highest BCUT2D eigenvalue weighted by Crippen LogP contribution is 2.76. The number of fused-ring (bicyclic) bond motifs is 7. The van der Waals surface area contributed by atoms with Crippen LogP contribution >= 0.6 is 0 Å². The van der Waals surface area contributed by atoms with E-state index in [9.17, 15) is 76.3 Å². The van der Waals surface area contributed by atoms with Gasteiger partial charge in [0.05, 0.1) is 37.9 Å². The van der Waals surface area contributed by atoms with Gasteiger partial charge in [0, 0.05) is 0 Å². The summed E-state index contributed by atoms with van der Waals surface area (Å²) in [5.41, 5.74) is -1.27. The Kier molecular flexibility index (Phi) is 17.0. The van der Waals surface area contributed by atoms with Gasteiger partial charge in [-0.25, -0.2) is 0 Å². The predicted octanol–water partition coefficient (Wildman–Crippen LogP) is -2.04. The molecule has 0 amide bonds. The molecule has 0 spiro atoms. The lowest BCUT2D eigenvalue weighted by molar-refractivity contribution is -0.399. The molecule has 4 aliphatic heterocycles. The average molecular weight is 1110 g/mol. The number of hydrogen-bond acceptors (Lipinski definition) is 23. The van der Waals surface area contributed by atoms with Crippen LogP contribution in [-0.2, 0) is 42.7 Å². The van der Waals surface area contributed by atoms with Gasteiger partial charge in [0.2, 0.25) is 6.29 Å². The zero-order chi connectivity index (χ0) is 56.3. The van der Waals surface area contributed by atoms with Crippen LogP contribution in [0.4, 0.5) is 0 Å². The van der Waals surface area contributed by atoms with E-state index >= 15 is 0 Å². The van der Waals surface area contributed by atoms with E-state index in [0.717, 1.165) is 32.1 Å². The summed E-state index contributed by atoms with van der Waals surface area (Å²) in [5, 5.41) is 149. The Morgan fingerprint density at radius 1 is 0.519 bits per heavy atom. The van der Waals surface area contributed by atoms with Crippen molar-refractivity contribution in [3.8, 4) is 0 Å². The van der Waals surface area contributed by atoms with Crippen LogP contribution in [0.15, 0.2) is 11.6 Å². The smallest absolute Gasteiger partial charge is 0.315 e. The molecule has 4 saturated heterocycles. The fourth-order valence-electron chi connectivity index (χ4n) is 16.5. The van der Waals surface area contributed by atoms with Crippen molar-refractivity contribution >= 4 is 5.97 Å². The number of esters is 1. The van der Waals surface area contributed by atoms with Gasteiger partial charge in [-0.3, -0.25) is 4.79 Å². The van der Waals surface area contributed by atoms with Gasteiger partial charge in [0.15, 0.2) is 18.9 Å². The van der Waals surface area contributed by atoms with E-state index in [1.54, 1.807) is 0 Å². The first-order valence-electron chi connectivity index (χ1n) is 27.8. The molecule has 9 rings (SSSR count). The Bertz CT molecular complexity index is 2110. The van der Waals surface area contributed by atoms with Crippen molar-refractivity contribution in [2.24, 2.45) is 50.2 Å². The third-order valence-corrected chi connectivity index (χ3v) is 21.4. The first kappa shape index (κ1) is 60.0. The highest BCUT2D eigenvalue weighted by atomic mass is 16.8. The summed E-state index contributed by atoms with van der Waals surface area (Å²) in [7, 11) is 0. The molecule has 5 aliphatic carbocycles. The van der Waals surface area contributed by atoms with Gasteiger partial charge < -0.3 is 109 Å². The third-order valence-electron chi connectivity index (χ3n) is 21.4. The first-order chi connectivity index (χ1) is 36.1. The van der Waals surface area contributed by atoms with E-state index < -0.39 is 172 Å². The number of carbonyl (C=O) groups is 1. The Hall–Kier alpha value is -1.63. The fraction of sp³-hybridized carbons (Fsp3) is 0.944. The van der Waals surface area contributed by atoms with Gasteiger partial charge in [-0.15, -0.1) is 0 Å². The van der Waals surface area contributed by atoms with Crippen molar-refractivity contribution in [1.29, 1.82) is 0 Å². The van der Waals surface area contributed by atoms with Crippen LogP contribution in [-0.4, -0.2) is 233 Å². The number of aliphatic hydroxyl groups excluding tert-OH is 14. The van der Waals surface area contributed by atoms with Crippen LogP contribution < -0.4 is 0 Å². The second-order valence-corrected chi connectivity index (χ2v) is 26.3.